The van der Waals surface area contributed by atoms with Crippen LogP contribution in [0.5, 0.6) is 5.88 Å². The summed E-state index contributed by atoms with van der Waals surface area (Å²) in [6, 6.07) is 11.9. The van der Waals surface area contributed by atoms with E-state index in [0.717, 1.165) is 45.8 Å². The number of benzene rings is 1. The Labute approximate surface area is 177 Å². The quantitative estimate of drug-likeness (QED) is 0.633. The zero-order chi connectivity index (χ0) is 20.2. The third kappa shape index (κ3) is 4.15. The van der Waals surface area contributed by atoms with Gasteiger partial charge in [-0.3, -0.25) is 0 Å². The summed E-state index contributed by atoms with van der Waals surface area (Å²) in [4.78, 5) is 15.4. The zero-order valence-electron chi connectivity index (χ0n) is 15.9. The molecule has 3 heterocycles. The molecular formula is C21H19BrN6O. The minimum absolute atomic E-state index is 0.589. The molecular weight excluding hydrogens is 432 g/mol. The molecule has 0 bridgehead atoms. The first-order chi connectivity index (χ1) is 14.2. The lowest BCUT2D eigenvalue weighted by Crippen LogP contribution is -2.32. The first-order valence-corrected chi connectivity index (χ1v) is 9.97. The van der Waals surface area contributed by atoms with Gasteiger partial charge in [0.2, 0.25) is 5.88 Å². The van der Waals surface area contributed by atoms with Crippen LogP contribution < -0.4 is 15.0 Å². The van der Waals surface area contributed by atoms with E-state index in [0.29, 0.717) is 24.5 Å². The Morgan fingerprint density at radius 2 is 2.14 bits per heavy atom. The van der Waals surface area contributed by atoms with Crippen LogP contribution in [-0.4, -0.2) is 28.6 Å². The van der Waals surface area contributed by atoms with Crippen LogP contribution in [0, 0.1) is 11.3 Å². The van der Waals surface area contributed by atoms with Gasteiger partial charge < -0.3 is 15.0 Å². The Balaban J connectivity index is 1.55. The molecule has 146 valence electrons. The van der Waals surface area contributed by atoms with E-state index in [9.17, 15) is 5.26 Å². The zero-order valence-corrected chi connectivity index (χ0v) is 17.5. The van der Waals surface area contributed by atoms with Gasteiger partial charge in [0.25, 0.3) is 0 Å². The van der Waals surface area contributed by atoms with Gasteiger partial charge in [-0.05, 0) is 23.8 Å². The molecule has 0 atom stereocenters. The maximum Gasteiger partial charge on any atom is 0.212 e. The second-order valence-corrected chi connectivity index (χ2v) is 7.57. The van der Waals surface area contributed by atoms with E-state index in [2.05, 4.69) is 47.2 Å². The summed E-state index contributed by atoms with van der Waals surface area (Å²) in [7, 11) is 1.60. The second kappa shape index (κ2) is 8.45. The molecule has 0 radical (unpaired) electrons. The number of pyridine rings is 1. The predicted octanol–water partition coefficient (Wildman–Crippen LogP) is 3.69. The van der Waals surface area contributed by atoms with Crippen molar-refractivity contribution in [3.8, 4) is 11.9 Å². The lowest BCUT2D eigenvalue weighted by molar-refractivity contribution is 0.397. The van der Waals surface area contributed by atoms with Crippen molar-refractivity contribution in [3.05, 3.63) is 69.7 Å². The Kier molecular flexibility index (Phi) is 5.58. The van der Waals surface area contributed by atoms with Gasteiger partial charge in [0.1, 0.15) is 18.2 Å². The van der Waals surface area contributed by atoms with Crippen LogP contribution >= 0.6 is 15.9 Å². The van der Waals surface area contributed by atoms with E-state index in [1.54, 1.807) is 19.6 Å². The van der Waals surface area contributed by atoms with Gasteiger partial charge in [0.15, 0.2) is 0 Å². The maximum absolute atomic E-state index is 9.52. The number of aromatic nitrogens is 3. The predicted molar refractivity (Wildman–Crippen MR) is 114 cm³/mol. The number of methoxy groups -OCH3 is 1. The van der Waals surface area contributed by atoms with Gasteiger partial charge in [-0.1, -0.05) is 22.0 Å². The highest BCUT2D eigenvalue weighted by molar-refractivity contribution is 9.10. The van der Waals surface area contributed by atoms with Crippen molar-refractivity contribution in [3.63, 3.8) is 0 Å². The van der Waals surface area contributed by atoms with Crippen molar-refractivity contribution in [2.45, 2.75) is 19.5 Å². The number of nitrogens with zero attached hydrogens (tertiary/aromatic N) is 5. The summed E-state index contributed by atoms with van der Waals surface area (Å²) in [6.07, 6.45) is 4.19. The molecule has 1 aliphatic rings. The first kappa shape index (κ1) is 19.2. The van der Waals surface area contributed by atoms with E-state index < -0.39 is 0 Å². The van der Waals surface area contributed by atoms with Gasteiger partial charge in [-0.15, -0.1) is 0 Å². The van der Waals surface area contributed by atoms with Crippen LogP contribution in [0.25, 0.3) is 0 Å². The van der Waals surface area contributed by atoms with Crippen molar-refractivity contribution in [2.24, 2.45) is 0 Å². The molecule has 3 aromatic rings. The number of ether oxygens (including phenoxy) is 1. The van der Waals surface area contributed by atoms with Gasteiger partial charge >= 0.3 is 0 Å². The van der Waals surface area contributed by atoms with Gasteiger partial charge in [0.05, 0.1) is 24.1 Å². The van der Waals surface area contributed by atoms with Crippen LogP contribution in [-0.2, 0) is 19.5 Å². The molecule has 0 spiro atoms. The summed E-state index contributed by atoms with van der Waals surface area (Å²) >= 11 is 3.44. The molecule has 4 rings (SSSR count). The first-order valence-electron chi connectivity index (χ1n) is 9.18. The molecule has 8 heteroatoms. The Hall–Kier alpha value is -3.18. The molecule has 7 nitrogen and oxygen atoms in total. The SMILES string of the molecule is COc1ccc(CNc2ncnc3c2CN(c2ccc(Br)cc2C#N)CC3)cn1. The molecule has 1 aliphatic heterocycles. The summed E-state index contributed by atoms with van der Waals surface area (Å²) in [5.74, 6) is 1.40. The van der Waals surface area contributed by atoms with E-state index >= 15 is 0 Å². The van der Waals surface area contributed by atoms with E-state index in [1.807, 2.05) is 30.3 Å². The van der Waals surface area contributed by atoms with Crippen LogP contribution in [0.2, 0.25) is 0 Å². The van der Waals surface area contributed by atoms with Crippen molar-refractivity contribution in [2.75, 3.05) is 23.9 Å². The van der Waals surface area contributed by atoms with E-state index in [4.69, 9.17) is 4.74 Å². The van der Waals surface area contributed by atoms with Crippen LogP contribution in [0.3, 0.4) is 0 Å². The number of hydrogen-bond donors (Lipinski definition) is 1. The Bertz CT molecular complexity index is 1060. The number of halogens is 1. The molecule has 1 aromatic carbocycles. The minimum Gasteiger partial charge on any atom is -0.481 e. The largest absolute Gasteiger partial charge is 0.481 e. The van der Waals surface area contributed by atoms with Crippen molar-refractivity contribution in [1.29, 1.82) is 5.26 Å². The highest BCUT2D eigenvalue weighted by Crippen LogP contribution is 2.30. The lowest BCUT2D eigenvalue weighted by Gasteiger charge is -2.31. The molecule has 0 aliphatic carbocycles. The van der Waals surface area contributed by atoms with Crippen molar-refractivity contribution >= 4 is 27.4 Å². The molecule has 0 saturated heterocycles. The van der Waals surface area contributed by atoms with Gasteiger partial charge in [0, 0.05) is 48.4 Å². The summed E-state index contributed by atoms with van der Waals surface area (Å²) < 4.78 is 6.00. The maximum atomic E-state index is 9.52. The van der Waals surface area contributed by atoms with Crippen molar-refractivity contribution in [1.82, 2.24) is 15.0 Å². The summed E-state index contributed by atoms with van der Waals surface area (Å²) in [5.41, 5.74) is 4.72. The second-order valence-electron chi connectivity index (χ2n) is 6.65. The fraction of sp³-hybridized carbons (Fsp3) is 0.238. The lowest BCUT2D eigenvalue weighted by atomic mass is 10.0. The number of nitriles is 1. The Morgan fingerprint density at radius 3 is 2.90 bits per heavy atom. The molecule has 29 heavy (non-hydrogen) atoms. The fourth-order valence-electron chi connectivity index (χ4n) is 3.39. The van der Waals surface area contributed by atoms with E-state index in [-0.39, 0.29) is 0 Å². The molecule has 2 aromatic heterocycles. The third-order valence-electron chi connectivity index (χ3n) is 4.89. The molecule has 0 saturated carbocycles. The summed E-state index contributed by atoms with van der Waals surface area (Å²) in [6.45, 7) is 2.06. The normalized spacial score (nSPS) is 12.8. The van der Waals surface area contributed by atoms with Crippen LogP contribution in [0.1, 0.15) is 22.4 Å². The van der Waals surface area contributed by atoms with Crippen molar-refractivity contribution < 1.29 is 4.74 Å². The third-order valence-corrected chi connectivity index (χ3v) is 5.38. The highest BCUT2D eigenvalue weighted by atomic mass is 79.9. The average molecular weight is 451 g/mol. The number of anilines is 2. The number of nitrogens with one attached hydrogen (secondary N) is 1. The fourth-order valence-corrected chi connectivity index (χ4v) is 3.76. The molecule has 0 fully saturated rings. The average Bonchev–Trinajstić information content (AvgIpc) is 2.77. The smallest absolute Gasteiger partial charge is 0.212 e. The Morgan fingerprint density at radius 1 is 1.24 bits per heavy atom. The van der Waals surface area contributed by atoms with Gasteiger partial charge in [-0.2, -0.15) is 5.26 Å². The number of fused-ring (bicyclic) bond motifs is 1. The number of rotatable bonds is 5. The van der Waals surface area contributed by atoms with Crippen LogP contribution in [0.4, 0.5) is 11.5 Å². The van der Waals surface area contributed by atoms with E-state index in [1.165, 1.54) is 0 Å². The number of hydrogen-bond acceptors (Lipinski definition) is 7. The highest BCUT2D eigenvalue weighted by Gasteiger charge is 2.23. The molecule has 0 unspecified atom stereocenters. The van der Waals surface area contributed by atoms with Gasteiger partial charge in [-0.25, -0.2) is 15.0 Å². The molecule has 1 N–H and O–H groups in total. The monoisotopic (exact) mass is 450 g/mol. The topological polar surface area (TPSA) is 87.0 Å². The standard InChI is InChI=1S/C21H19BrN6O/c1-29-20-5-2-14(10-24-20)11-25-21-17-12-28(7-6-18(17)26-13-27-21)19-4-3-16(22)8-15(19)9-23/h2-5,8,10,13H,6-7,11-12H2,1H3,(H,25,26,27). The minimum atomic E-state index is 0.589. The molecule has 0 amide bonds. The summed E-state index contributed by atoms with van der Waals surface area (Å²) in [5, 5.41) is 12.9. The van der Waals surface area contributed by atoms with Crippen LogP contribution in [0.15, 0.2) is 47.3 Å².